The summed E-state index contributed by atoms with van der Waals surface area (Å²) >= 11 is 1.59. The highest BCUT2D eigenvalue weighted by molar-refractivity contribution is 7.98. The molecular weight excluding hydrogens is 324 g/mol. The van der Waals surface area contributed by atoms with Crippen molar-refractivity contribution in [2.45, 2.75) is 0 Å². The van der Waals surface area contributed by atoms with Gasteiger partial charge in [0.25, 0.3) is 5.91 Å². The molecule has 122 valence electrons. The maximum Gasteiger partial charge on any atom is 0.267 e. The van der Waals surface area contributed by atoms with Gasteiger partial charge >= 0.3 is 0 Å². The van der Waals surface area contributed by atoms with E-state index < -0.39 is 5.91 Å². The molecular formula is C17H16N4O2S. The van der Waals surface area contributed by atoms with Crippen LogP contribution in [0.4, 0.5) is 5.69 Å². The van der Waals surface area contributed by atoms with Gasteiger partial charge in [0.05, 0.1) is 11.6 Å². The molecule has 4 N–H and O–H groups in total. The fourth-order valence-corrected chi connectivity index (χ4v) is 2.70. The van der Waals surface area contributed by atoms with E-state index in [0.29, 0.717) is 22.7 Å². The van der Waals surface area contributed by atoms with Gasteiger partial charge in [-0.1, -0.05) is 18.2 Å². The summed E-state index contributed by atoms with van der Waals surface area (Å²) < 4.78 is 5.51. The molecule has 0 aliphatic rings. The highest BCUT2D eigenvalue weighted by atomic mass is 32.2. The first-order valence-electron chi connectivity index (χ1n) is 7.20. The average molecular weight is 340 g/mol. The molecule has 3 aromatic rings. The Labute approximate surface area is 143 Å². The lowest BCUT2D eigenvalue weighted by Crippen LogP contribution is -2.16. The number of para-hydroxylation sites is 1. The summed E-state index contributed by atoms with van der Waals surface area (Å²) in [5, 5.41) is 12.6. The van der Waals surface area contributed by atoms with Gasteiger partial charge in [0.2, 0.25) is 0 Å². The third kappa shape index (κ3) is 2.98. The molecule has 2 heterocycles. The molecule has 0 aliphatic heterocycles. The number of hydrogen-bond donors (Lipinski definition) is 3. The zero-order chi connectivity index (χ0) is 17.1. The molecule has 0 radical (unpaired) electrons. The number of nitrogens with two attached hydrogens (primary N) is 1. The first-order chi connectivity index (χ1) is 11.6. The van der Waals surface area contributed by atoms with Crippen molar-refractivity contribution < 1.29 is 9.21 Å². The van der Waals surface area contributed by atoms with Crippen LogP contribution in [0.1, 0.15) is 21.6 Å². The summed E-state index contributed by atoms with van der Waals surface area (Å²) in [6, 6.07) is 9.12. The zero-order valence-electron chi connectivity index (χ0n) is 13.0. The third-order valence-corrected chi connectivity index (χ3v) is 4.02. The van der Waals surface area contributed by atoms with Crippen LogP contribution in [-0.4, -0.2) is 28.7 Å². The number of amides is 1. The molecule has 0 spiro atoms. The van der Waals surface area contributed by atoms with Gasteiger partial charge in [-0.3, -0.25) is 15.2 Å². The molecule has 0 bridgehead atoms. The number of aromatic nitrogens is 1. The largest absolute Gasteiger partial charge is 0.464 e. The van der Waals surface area contributed by atoms with Crippen LogP contribution in [0.5, 0.6) is 0 Å². The number of primary amides is 1. The molecule has 0 saturated carbocycles. The van der Waals surface area contributed by atoms with Crippen LogP contribution < -0.4 is 11.1 Å². The Morgan fingerprint density at radius 2 is 2.17 bits per heavy atom. The topological polar surface area (TPSA) is 105 Å². The fourth-order valence-electron chi connectivity index (χ4n) is 2.40. The molecule has 0 atom stereocenters. The smallest absolute Gasteiger partial charge is 0.267 e. The lowest BCUT2D eigenvalue weighted by molar-refractivity contribution is 0.0995. The van der Waals surface area contributed by atoms with Crippen LogP contribution in [0.2, 0.25) is 0 Å². The zero-order valence-corrected chi connectivity index (χ0v) is 13.8. The van der Waals surface area contributed by atoms with E-state index in [0.717, 1.165) is 11.0 Å². The lowest BCUT2D eigenvalue weighted by atomic mass is 10.0. The number of nitrogens with zero attached hydrogens (tertiary/aromatic N) is 1. The minimum Gasteiger partial charge on any atom is -0.464 e. The Morgan fingerprint density at radius 3 is 2.92 bits per heavy atom. The summed E-state index contributed by atoms with van der Waals surface area (Å²) in [5.74, 6) is 0.0308. The minimum absolute atomic E-state index is 0.159. The van der Waals surface area contributed by atoms with Gasteiger partial charge in [0, 0.05) is 28.4 Å². The molecule has 3 rings (SSSR count). The second-order valence-corrected chi connectivity index (χ2v) is 5.98. The Balaban J connectivity index is 2.06. The predicted octanol–water partition coefficient (Wildman–Crippen LogP) is 3.08. The SMILES string of the molecule is CSCNc1cc(C(N)=O)ncc1C(=N)c1coc2ccccc12. The second-order valence-electron chi connectivity index (χ2n) is 5.11. The number of nitrogens with one attached hydrogen (secondary N) is 2. The second kappa shape index (κ2) is 6.76. The van der Waals surface area contributed by atoms with Crippen molar-refractivity contribution in [3.05, 3.63) is 59.6 Å². The summed E-state index contributed by atoms with van der Waals surface area (Å²) in [4.78, 5) is 15.4. The molecule has 1 amide bonds. The maximum absolute atomic E-state index is 11.4. The number of rotatable bonds is 6. The molecule has 2 aromatic heterocycles. The third-order valence-electron chi connectivity index (χ3n) is 3.58. The predicted molar refractivity (Wildman–Crippen MR) is 96.9 cm³/mol. The van der Waals surface area contributed by atoms with Gasteiger partial charge in [-0.2, -0.15) is 0 Å². The number of anilines is 1. The van der Waals surface area contributed by atoms with Crippen molar-refractivity contribution in [3.63, 3.8) is 0 Å². The van der Waals surface area contributed by atoms with Crippen LogP contribution in [0.15, 0.2) is 47.2 Å². The van der Waals surface area contributed by atoms with E-state index in [-0.39, 0.29) is 11.4 Å². The van der Waals surface area contributed by atoms with Crippen molar-refractivity contribution >= 4 is 40.0 Å². The number of fused-ring (bicyclic) bond motifs is 1. The van der Waals surface area contributed by atoms with Gasteiger partial charge < -0.3 is 15.5 Å². The van der Waals surface area contributed by atoms with Gasteiger partial charge in [0.1, 0.15) is 17.5 Å². The molecule has 0 saturated heterocycles. The number of furan rings is 1. The van der Waals surface area contributed by atoms with E-state index in [1.807, 2.05) is 30.5 Å². The van der Waals surface area contributed by atoms with E-state index >= 15 is 0 Å². The molecule has 6 nitrogen and oxygen atoms in total. The molecule has 24 heavy (non-hydrogen) atoms. The van der Waals surface area contributed by atoms with E-state index in [4.69, 9.17) is 15.6 Å². The maximum atomic E-state index is 11.4. The summed E-state index contributed by atoms with van der Waals surface area (Å²) in [7, 11) is 0. The number of hydrogen-bond acceptors (Lipinski definition) is 6. The molecule has 7 heteroatoms. The number of carbonyl (C=O) groups is 1. The quantitative estimate of drug-likeness (QED) is 0.472. The Morgan fingerprint density at radius 1 is 1.38 bits per heavy atom. The van der Waals surface area contributed by atoms with Crippen LogP contribution in [0, 0.1) is 5.41 Å². The van der Waals surface area contributed by atoms with Crippen molar-refractivity contribution in [1.82, 2.24) is 4.98 Å². The fraction of sp³-hybridized carbons (Fsp3) is 0.118. The van der Waals surface area contributed by atoms with Crippen molar-refractivity contribution in [2.24, 2.45) is 5.73 Å². The van der Waals surface area contributed by atoms with Crippen molar-refractivity contribution in [2.75, 3.05) is 17.4 Å². The van der Waals surface area contributed by atoms with Crippen LogP contribution in [0.3, 0.4) is 0 Å². The number of carbonyl (C=O) groups excluding carboxylic acids is 1. The number of thioether (sulfide) groups is 1. The van der Waals surface area contributed by atoms with Gasteiger partial charge in [-0.05, 0) is 18.4 Å². The Bertz CT molecular complexity index is 920. The molecule has 0 aliphatic carbocycles. The summed E-state index contributed by atoms with van der Waals surface area (Å²) in [6.07, 6.45) is 5.01. The first-order valence-corrected chi connectivity index (χ1v) is 8.59. The van der Waals surface area contributed by atoms with Crippen molar-refractivity contribution in [1.29, 1.82) is 5.41 Å². The van der Waals surface area contributed by atoms with E-state index in [1.165, 1.54) is 6.20 Å². The highest BCUT2D eigenvalue weighted by Gasteiger charge is 2.17. The lowest BCUT2D eigenvalue weighted by Gasteiger charge is -2.12. The van der Waals surface area contributed by atoms with E-state index in [9.17, 15) is 4.79 Å². The van der Waals surface area contributed by atoms with Gasteiger partial charge in [0.15, 0.2) is 0 Å². The van der Waals surface area contributed by atoms with Gasteiger partial charge in [-0.15, -0.1) is 11.8 Å². The molecule has 1 aromatic carbocycles. The Hall–Kier alpha value is -2.80. The van der Waals surface area contributed by atoms with E-state index in [1.54, 1.807) is 24.1 Å². The molecule has 0 unspecified atom stereocenters. The minimum atomic E-state index is -0.603. The van der Waals surface area contributed by atoms with E-state index in [2.05, 4.69) is 10.3 Å². The van der Waals surface area contributed by atoms with Gasteiger partial charge in [-0.25, -0.2) is 0 Å². The van der Waals surface area contributed by atoms with Crippen LogP contribution in [-0.2, 0) is 0 Å². The Kier molecular flexibility index (Phi) is 4.52. The summed E-state index contributed by atoms with van der Waals surface area (Å²) in [6.45, 7) is 0. The average Bonchev–Trinajstić information content (AvgIpc) is 3.03. The normalized spacial score (nSPS) is 10.7. The number of benzene rings is 1. The van der Waals surface area contributed by atoms with Crippen LogP contribution in [0.25, 0.3) is 11.0 Å². The molecule has 0 fully saturated rings. The highest BCUT2D eigenvalue weighted by Crippen LogP contribution is 2.26. The first kappa shape index (κ1) is 16.1. The monoisotopic (exact) mass is 340 g/mol. The number of pyridine rings is 1. The van der Waals surface area contributed by atoms with Crippen molar-refractivity contribution in [3.8, 4) is 0 Å². The standard InChI is InChI=1S/C17H16N4O2S/c1-24-9-21-13-6-14(17(19)22)20-7-11(13)16(18)12-8-23-15-5-3-2-4-10(12)15/h2-8,18H,9H2,1H3,(H2,19,22)(H,20,21). The summed E-state index contributed by atoms with van der Waals surface area (Å²) in [5.41, 5.74) is 8.35. The van der Waals surface area contributed by atoms with Crippen LogP contribution >= 0.6 is 11.8 Å².